The number of rotatable bonds is 6. The van der Waals surface area contributed by atoms with Crippen molar-refractivity contribution in [2.75, 3.05) is 0 Å². The van der Waals surface area contributed by atoms with E-state index in [0.717, 1.165) is 42.5 Å². The second-order valence-electron chi connectivity index (χ2n) is 4.45. The van der Waals surface area contributed by atoms with Gasteiger partial charge in [-0.1, -0.05) is 67.9 Å². The summed E-state index contributed by atoms with van der Waals surface area (Å²) in [5.74, 6) is 0. The average Bonchev–Trinajstić information content (AvgIpc) is 2.56. The summed E-state index contributed by atoms with van der Waals surface area (Å²) in [5.41, 5.74) is 1.92. The van der Waals surface area contributed by atoms with Gasteiger partial charge < -0.3 is 0 Å². The number of carbonyl (C=O) groups is 2. The SMILES string of the molecule is O=C/C=C(\Br)c1ccc(Sc2ccc(/C(Br)=C/C=O)cc2)cc1. The summed E-state index contributed by atoms with van der Waals surface area (Å²) in [5, 5.41) is 0. The van der Waals surface area contributed by atoms with E-state index in [9.17, 15) is 9.59 Å². The molecule has 2 rings (SSSR count). The minimum Gasteiger partial charge on any atom is -0.299 e. The summed E-state index contributed by atoms with van der Waals surface area (Å²) in [6, 6.07) is 15.9. The van der Waals surface area contributed by atoms with Crippen LogP contribution < -0.4 is 0 Å². The molecule has 0 aliphatic carbocycles. The molecular weight excluding hydrogens is 440 g/mol. The minimum atomic E-state index is 0.755. The van der Waals surface area contributed by atoms with Crippen molar-refractivity contribution in [3.8, 4) is 0 Å². The molecule has 2 aromatic carbocycles. The van der Waals surface area contributed by atoms with E-state index in [1.807, 2.05) is 48.5 Å². The van der Waals surface area contributed by atoms with Crippen LogP contribution in [0.2, 0.25) is 0 Å². The zero-order chi connectivity index (χ0) is 16.7. The number of hydrogen-bond donors (Lipinski definition) is 0. The Morgan fingerprint density at radius 1 is 0.696 bits per heavy atom. The molecule has 2 aromatic rings. The van der Waals surface area contributed by atoms with E-state index in [0.29, 0.717) is 0 Å². The lowest BCUT2D eigenvalue weighted by molar-refractivity contribution is -0.104. The first-order chi connectivity index (χ1) is 11.1. The molecule has 0 atom stereocenters. The number of hydrogen-bond acceptors (Lipinski definition) is 3. The number of carbonyl (C=O) groups excluding carboxylic acids is 2. The highest BCUT2D eigenvalue weighted by molar-refractivity contribution is 9.15. The fraction of sp³-hybridized carbons (Fsp3) is 0. The molecule has 0 saturated heterocycles. The van der Waals surface area contributed by atoms with Crippen molar-refractivity contribution in [1.29, 1.82) is 0 Å². The Morgan fingerprint density at radius 2 is 1.04 bits per heavy atom. The molecule has 0 heterocycles. The largest absolute Gasteiger partial charge is 0.299 e. The molecular formula is C18H12Br2O2S. The Labute approximate surface area is 155 Å². The van der Waals surface area contributed by atoms with Gasteiger partial charge in [-0.3, -0.25) is 9.59 Å². The van der Waals surface area contributed by atoms with E-state index in [1.54, 1.807) is 11.8 Å². The lowest BCUT2D eigenvalue weighted by Crippen LogP contribution is -1.80. The molecule has 0 unspecified atom stereocenters. The van der Waals surface area contributed by atoms with Crippen molar-refractivity contribution in [2.45, 2.75) is 9.79 Å². The van der Waals surface area contributed by atoms with Crippen molar-refractivity contribution in [3.63, 3.8) is 0 Å². The van der Waals surface area contributed by atoms with Gasteiger partial charge in [0.05, 0.1) is 0 Å². The van der Waals surface area contributed by atoms with Crippen molar-refractivity contribution in [2.24, 2.45) is 0 Å². The lowest BCUT2D eigenvalue weighted by atomic mass is 10.2. The topological polar surface area (TPSA) is 34.1 Å². The second kappa shape index (κ2) is 9.01. The van der Waals surface area contributed by atoms with Gasteiger partial charge in [-0.25, -0.2) is 0 Å². The molecule has 0 N–H and O–H groups in total. The molecule has 0 aromatic heterocycles. The van der Waals surface area contributed by atoms with Crippen molar-refractivity contribution in [1.82, 2.24) is 0 Å². The third-order valence-corrected chi connectivity index (χ3v) is 5.38. The highest BCUT2D eigenvalue weighted by Crippen LogP contribution is 2.31. The van der Waals surface area contributed by atoms with Gasteiger partial charge in [-0.2, -0.15) is 0 Å². The molecule has 5 heteroatoms. The van der Waals surface area contributed by atoms with Crippen LogP contribution in [0, 0.1) is 0 Å². The molecule has 23 heavy (non-hydrogen) atoms. The summed E-state index contributed by atoms with van der Waals surface area (Å²) >= 11 is 8.37. The van der Waals surface area contributed by atoms with Crippen LogP contribution in [-0.4, -0.2) is 12.6 Å². The Hall–Kier alpha value is -1.43. The fourth-order valence-corrected chi connectivity index (χ4v) is 3.37. The van der Waals surface area contributed by atoms with Gasteiger partial charge in [0.15, 0.2) is 0 Å². The number of halogens is 2. The maximum atomic E-state index is 10.5. The van der Waals surface area contributed by atoms with Crippen molar-refractivity contribution < 1.29 is 9.59 Å². The summed E-state index contributed by atoms with van der Waals surface area (Å²) in [6.45, 7) is 0. The van der Waals surface area contributed by atoms with Crippen LogP contribution >= 0.6 is 43.6 Å². The van der Waals surface area contributed by atoms with Gasteiger partial charge in [-0.05, 0) is 47.5 Å². The van der Waals surface area contributed by atoms with Crippen LogP contribution in [-0.2, 0) is 9.59 Å². The van der Waals surface area contributed by atoms with Gasteiger partial charge in [0, 0.05) is 18.8 Å². The molecule has 0 fully saturated rings. The smallest absolute Gasteiger partial charge is 0.143 e. The van der Waals surface area contributed by atoms with E-state index in [1.165, 1.54) is 12.2 Å². The first-order valence-corrected chi connectivity index (χ1v) is 9.05. The monoisotopic (exact) mass is 450 g/mol. The first kappa shape index (κ1) is 17.9. The van der Waals surface area contributed by atoms with Gasteiger partial charge >= 0.3 is 0 Å². The normalized spacial score (nSPS) is 12.1. The Morgan fingerprint density at radius 3 is 1.35 bits per heavy atom. The van der Waals surface area contributed by atoms with Crippen LogP contribution in [0.4, 0.5) is 0 Å². The minimum absolute atomic E-state index is 0.755. The molecule has 0 amide bonds. The van der Waals surface area contributed by atoms with E-state index in [2.05, 4.69) is 31.9 Å². The molecule has 0 aliphatic rings. The van der Waals surface area contributed by atoms with E-state index in [4.69, 9.17) is 0 Å². The molecule has 116 valence electrons. The van der Waals surface area contributed by atoms with E-state index < -0.39 is 0 Å². The van der Waals surface area contributed by atoms with Gasteiger partial charge in [-0.15, -0.1) is 0 Å². The highest BCUT2D eigenvalue weighted by Gasteiger charge is 2.02. The summed E-state index contributed by atoms with van der Waals surface area (Å²) in [7, 11) is 0. The quantitative estimate of drug-likeness (QED) is 0.416. The summed E-state index contributed by atoms with van der Waals surface area (Å²) < 4.78 is 1.53. The van der Waals surface area contributed by atoms with Crippen LogP contribution in [0.15, 0.2) is 70.5 Å². The van der Waals surface area contributed by atoms with Crippen LogP contribution in [0.3, 0.4) is 0 Å². The molecule has 0 radical (unpaired) electrons. The van der Waals surface area contributed by atoms with Crippen molar-refractivity contribution in [3.05, 3.63) is 71.8 Å². The Balaban J connectivity index is 2.10. The zero-order valence-corrected chi connectivity index (χ0v) is 15.9. The molecule has 0 bridgehead atoms. The van der Waals surface area contributed by atoms with Gasteiger partial charge in [0.25, 0.3) is 0 Å². The third kappa shape index (κ3) is 5.30. The zero-order valence-electron chi connectivity index (χ0n) is 11.9. The molecule has 0 saturated carbocycles. The summed E-state index contributed by atoms with van der Waals surface area (Å²) in [6.07, 6.45) is 4.47. The van der Waals surface area contributed by atoms with E-state index >= 15 is 0 Å². The van der Waals surface area contributed by atoms with Crippen LogP contribution in [0.1, 0.15) is 11.1 Å². The standard InChI is InChI=1S/C18H12Br2O2S/c19-17(9-11-21)13-1-5-15(6-2-13)23-16-7-3-14(4-8-16)18(20)10-12-22/h1-12H/b17-9-,18-10-. The maximum Gasteiger partial charge on any atom is 0.143 e. The fourth-order valence-electron chi connectivity index (χ4n) is 1.81. The lowest BCUT2D eigenvalue weighted by Gasteiger charge is -2.05. The molecule has 2 nitrogen and oxygen atoms in total. The number of benzene rings is 2. The summed E-state index contributed by atoms with van der Waals surface area (Å²) in [4.78, 5) is 23.2. The van der Waals surface area contributed by atoms with Crippen LogP contribution in [0.25, 0.3) is 8.96 Å². The Kier molecular flexibility index (Phi) is 7.02. The van der Waals surface area contributed by atoms with Crippen LogP contribution in [0.5, 0.6) is 0 Å². The second-order valence-corrected chi connectivity index (χ2v) is 7.31. The predicted molar refractivity (Wildman–Crippen MR) is 103 cm³/mol. The molecule has 0 spiro atoms. The van der Waals surface area contributed by atoms with E-state index in [-0.39, 0.29) is 0 Å². The predicted octanol–water partition coefficient (Wildman–Crippen LogP) is 5.71. The molecule has 0 aliphatic heterocycles. The highest BCUT2D eigenvalue weighted by atomic mass is 79.9. The Bertz CT molecular complexity index is 682. The average molecular weight is 452 g/mol. The first-order valence-electron chi connectivity index (χ1n) is 6.64. The van der Waals surface area contributed by atoms with Gasteiger partial charge in [0.1, 0.15) is 12.6 Å². The number of allylic oxidation sites excluding steroid dienone is 2. The van der Waals surface area contributed by atoms with Crippen molar-refractivity contribution >= 4 is 65.2 Å². The van der Waals surface area contributed by atoms with Gasteiger partial charge in [0.2, 0.25) is 0 Å². The third-order valence-electron chi connectivity index (χ3n) is 2.92. The number of aldehydes is 2. The maximum absolute atomic E-state index is 10.5.